The van der Waals surface area contributed by atoms with Crippen molar-refractivity contribution in [1.82, 2.24) is 4.98 Å². The molecule has 0 fully saturated rings. The van der Waals surface area contributed by atoms with E-state index < -0.39 is 10.9 Å². The molecule has 2 rings (SSSR count). The van der Waals surface area contributed by atoms with Gasteiger partial charge in [-0.3, -0.25) is 15.1 Å². The van der Waals surface area contributed by atoms with Crippen LogP contribution in [0.5, 0.6) is 5.75 Å². The van der Waals surface area contributed by atoms with Crippen molar-refractivity contribution in [3.8, 4) is 5.75 Å². The van der Waals surface area contributed by atoms with Crippen LogP contribution < -0.4 is 4.74 Å². The fraction of sp³-hybridized carbons (Fsp3) is 0. The average molecular weight is 244 g/mol. The first-order valence-electron chi connectivity index (χ1n) is 5.04. The maximum atomic E-state index is 11.8. The van der Waals surface area contributed by atoms with Gasteiger partial charge in [0, 0.05) is 18.5 Å². The zero-order valence-electron chi connectivity index (χ0n) is 9.15. The summed E-state index contributed by atoms with van der Waals surface area (Å²) < 4.78 is 5.01. The summed E-state index contributed by atoms with van der Waals surface area (Å²) in [4.78, 5) is 25.6. The normalized spacial score (nSPS) is 9.78. The van der Waals surface area contributed by atoms with E-state index in [-0.39, 0.29) is 11.3 Å². The van der Waals surface area contributed by atoms with Gasteiger partial charge in [-0.2, -0.15) is 0 Å². The second-order valence-electron chi connectivity index (χ2n) is 3.35. The molecule has 0 bridgehead atoms. The van der Waals surface area contributed by atoms with Gasteiger partial charge in [-0.15, -0.1) is 0 Å². The number of ether oxygens (including phenoxy) is 1. The lowest BCUT2D eigenvalue weighted by Gasteiger charge is -2.03. The van der Waals surface area contributed by atoms with Gasteiger partial charge in [-0.05, 0) is 12.1 Å². The number of carbonyl (C=O) groups is 1. The lowest BCUT2D eigenvalue weighted by Crippen LogP contribution is -2.11. The predicted octanol–water partition coefficient (Wildman–Crippen LogP) is 2.21. The SMILES string of the molecule is O=C(Oc1ccccc1)c1cnccc1[N+](=O)[O-]. The van der Waals surface area contributed by atoms with Gasteiger partial charge in [-0.1, -0.05) is 18.2 Å². The molecule has 0 aliphatic heterocycles. The third kappa shape index (κ3) is 2.49. The number of esters is 1. The van der Waals surface area contributed by atoms with Crippen molar-refractivity contribution in [3.63, 3.8) is 0 Å². The molecule has 2 aromatic rings. The van der Waals surface area contributed by atoms with E-state index >= 15 is 0 Å². The van der Waals surface area contributed by atoms with Crippen LogP contribution in [0.25, 0.3) is 0 Å². The zero-order valence-corrected chi connectivity index (χ0v) is 9.15. The molecule has 18 heavy (non-hydrogen) atoms. The van der Waals surface area contributed by atoms with Crippen molar-refractivity contribution in [2.75, 3.05) is 0 Å². The second-order valence-corrected chi connectivity index (χ2v) is 3.35. The molecule has 1 heterocycles. The van der Waals surface area contributed by atoms with E-state index in [1.807, 2.05) is 0 Å². The maximum absolute atomic E-state index is 11.8. The molecule has 0 aliphatic rings. The van der Waals surface area contributed by atoms with Crippen molar-refractivity contribution in [2.45, 2.75) is 0 Å². The molecule has 0 saturated carbocycles. The average Bonchev–Trinajstić information content (AvgIpc) is 2.40. The Morgan fingerprint density at radius 1 is 1.22 bits per heavy atom. The third-order valence-electron chi connectivity index (χ3n) is 2.17. The Labute approximate surface area is 102 Å². The molecule has 0 unspecified atom stereocenters. The summed E-state index contributed by atoms with van der Waals surface area (Å²) in [7, 11) is 0. The molecule has 90 valence electrons. The Hall–Kier alpha value is -2.76. The summed E-state index contributed by atoms with van der Waals surface area (Å²) >= 11 is 0. The van der Waals surface area contributed by atoms with Crippen LogP contribution in [0.1, 0.15) is 10.4 Å². The fourth-order valence-electron chi connectivity index (χ4n) is 1.35. The number of carbonyl (C=O) groups excluding carboxylic acids is 1. The smallest absolute Gasteiger partial charge is 0.352 e. The number of para-hydroxylation sites is 1. The minimum absolute atomic E-state index is 0.175. The van der Waals surface area contributed by atoms with Crippen LogP contribution in [-0.4, -0.2) is 15.9 Å². The van der Waals surface area contributed by atoms with Crippen LogP contribution >= 0.6 is 0 Å². The van der Waals surface area contributed by atoms with Crippen molar-refractivity contribution in [2.24, 2.45) is 0 Å². The van der Waals surface area contributed by atoms with Crippen LogP contribution in [0.2, 0.25) is 0 Å². The number of hydrogen-bond donors (Lipinski definition) is 0. The maximum Gasteiger partial charge on any atom is 0.352 e. The Kier molecular flexibility index (Phi) is 3.29. The van der Waals surface area contributed by atoms with Crippen LogP contribution in [-0.2, 0) is 0 Å². The summed E-state index contributed by atoms with van der Waals surface area (Å²) in [5, 5.41) is 10.7. The highest BCUT2D eigenvalue weighted by atomic mass is 16.6. The molecule has 1 aromatic carbocycles. The lowest BCUT2D eigenvalue weighted by atomic mass is 10.2. The molecule has 6 nitrogen and oxygen atoms in total. The largest absolute Gasteiger partial charge is 0.423 e. The van der Waals surface area contributed by atoms with E-state index in [9.17, 15) is 14.9 Å². The van der Waals surface area contributed by atoms with Gasteiger partial charge in [0.1, 0.15) is 5.75 Å². The molecule has 0 N–H and O–H groups in total. The minimum Gasteiger partial charge on any atom is -0.423 e. The van der Waals surface area contributed by atoms with E-state index in [2.05, 4.69) is 4.98 Å². The van der Waals surface area contributed by atoms with Gasteiger partial charge in [0.2, 0.25) is 0 Å². The van der Waals surface area contributed by atoms with E-state index in [4.69, 9.17) is 4.74 Å². The summed E-state index contributed by atoms with van der Waals surface area (Å²) in [5.74, 6) is -0.485. The van der Waals surface area contributed by atoms with Crippen molar-refractivity contribution >= 4 is 11.7 Å². The molecule has 6 heteroatoms. The van der Waals surface area contributed by atoms with Crippen LogP contribution in [0, 0.1) is 10.1 Å². The monoisotopic (exact) mass is 244 g/mol. The Morgan fingerprint density at radius 3 is 2.61 bits per heavy atom. The number of hydrogen-bond acceptors (Lipinski definition) is 5. The molecule has 0 atom stereocenters. The van der Waals surface area contributed by atoms with Crippen molar-refractivity contribution < 1.29 is 14.5 Å². The third-order valence-corrected chi connectivity index (χ3v) is 2.17. The molecular formula is C12H8N2O4. The highest BCUT2D eigenvalue weighted by molar-refractivity contribution is 5.94. The molecular weight excluding hydrogens is 236 g/mol. The Morgan fingerprint density at radius 2 is 1.94 bits per heavy atom. The first kappa shape index (κ1) is 11.7. The quantitative estimate of drug-likeness (QED) is 0.358. The second kappa shape index (κ2) is 5.05. The topological polar surface area (TPSA) is 82.3 Å². The predicted molar refractivity (Wildman–Crippen MR) is 62.3 cm³/mol. The van der Waals surface area contributed by atoms with Crippen LogP contribution in [0.4, 0.5) is 5.69 Å². The molecule has 0 aliphatic carbocycles. The van der Waals surface area contributed by atoms with Crippen LogP contribution in [0.15, 0.2) is 48.8 Å². The van der Waals surface area contributed by atoms with Gasteiger partial charge in [0.25, 0.3) is 5.69 Å². The van der Waals surface area contributed by atoms with Gasteiger partial charge in [0.05, 0.1) is 4.92 Å². The lowest BCUT2D eigenvalue weighted by molar-refractivity contribution is -0.385. The van der Waals surface area contributed by atoms with Gasteiger partial charge >= 0.3 is 5.97 Å². The fourth-order valence-corrected chi connectivity index (χ4v) is 1.35. The number of pyridine rings is 1. The molecule has 1 aromatic heterocycles. The highest BCUT2D eigenvalue weighted by Crippen LogP contribution is 2.19. The summed E-state index contributed by atoms with van der Waals surface area (Å²) in [6, 6.07) is 9.48. The number of nitrogens with zero attached hydrogens (tertiary/aromatic N) is 2. The number of nitro groups is 1. The Balaban J connectivity index is 2.27. The van der Waals surface area contributed by atoms with Gasteiger partial charge in [0.15, 0.2) is 5.56 Å². The molecule has 0 amide bonds. The van der Waals surface area contributed by atoms with Gasteiger partial charge < -0.3 is 4.74 Å². The first-order valence-corrected chi connectivity index (χ1v) is 5.04. The zero-order chi connectivity index (χ0) is 13.0. The van der Waals surface area contributed by atoms with E-state index in [1.54, 1.807) is 30.3 Å². The van der Waals surface area contributed by atoms with E-state index in [0.717, 1.165) is 12.3 Å². The standard InChI is InChI=1S/C12H8N2O4/c15-12(18-9-4-2-1-3-5-9)10-8-13-7-6-11(10)14(16)17/h1-8H. The first-order chi connectivity index (χ1) is 8.68. The number of benzene rings is 1. The van der Waals surface area contributed by atoms with Crippen LogP contribution in [0.3, 0.4) is 0 Å². The van der Waals surface area contributed by atoms with E-state index in [1.165, 1.54) is 6.20 Å². The van der Waals surface area contributed by atoms with Gasteiger partial charge in [-0.25, -0.2) is 4.79 Å². The summed E-state index contributed by atoms with van der Waals surface area (Å²) in [5.41, 5.74) is -0.503. The number of aromatic nitrogens is 1. The van der Waals surface area contributed by atoms with E-state index in [0.29, 0.717) is 5.75 Å². The molecule has 0 spiro atoms. The molecule has 0 saturated heterocycles. The van der Waals surface area contributed by atoms with Crippen molar-refractivity contribution in [3.05, 3.63) is 64.5 Å². The molecule has 0 radical (unpaired) electrons. The minimum atomic E-state index is -0.805. The highest BCUT2D eigenvalue weighted by Gasteiger charge is 2.21. The Bertz CT molecular complexity index is 584. The summed E-state index contributed by atoms with van der Waals surface area (Å²) in [6.07, 6.45) is 2.36. The number of rotatable bonds is 3. The van der Waals surface area contributed by atoms with Crippen molar-refractivity contribution in [1.29, 1.82) is 0 Å². The summed E-state index contributed by atoms with van der Waals surface area (Å²) in [6.45, 7) is 0.